The number of Topliss-reactive ketones (excluding diaryl/α,β-unsaturated/α-hetero) is 1. The predicted octanol–water partition coefficient (Wildman–Crippen LogP) is 5.55. The molecular weight excluding hydrogens is 379 g/mol. The van der Waals surface area contributed by atoms with Gasteiger partial charge in [-0.3, -0.25) is 14.9 Å². The van der Waals surface area contributed by atoms with Gasteiger partial charge in [-0.05, 0) is 25.1 Å². The zero-order chi connectivity index (χ0) is 18.8. The molecule has 0 amide bonds. The topological polar surface area (TPSA) is 60.2 Å². The Bertz CT molecular complexity index is 840. The highest BCUT2D eigenvalue weighted by Gasteiger charge is 2.33. The predicted molar refractivity (Wildman–Crippen MR) is 89.3 cm³/mol. The fraction of sp³-hybridized carbons (Fsp3) is 0.188. The lowest BCUT2D eigenvalue weighted by Gasteiger charge is -2.10. The van der Waals surface area contributed by atoms with Crippen LogP contribution in [-0.4, -0.2) is 16.5 Å². The number of nitro benzene ring substituents is 1. The molecule has 0 fully saturated rings. The van der Waals surface area contributed by atoms with Crippen LogP contribution in [0, 0.1) is 17.0 Å². The molecule has 2 rings (SSSR count). The summed E-state index contributed by atoms with van der Waals surface area (Å²) in [6.45, 7) is 1.55. The summed E-state index contributed by atoms with van der Waals surface area (Å²) in [5.74, 6) is -0.573. The van der Waals surface area contributed by atoms with E-state index in [4.69, 9.17) is 11.6 Å². The van der Waals surface area contributed by atoms with Crippen molar-refractivity contribution in [1.82, 2.24) is 0 Å². The summed E-state index contributed by atoms with van der Waals surface area (Å²) in [7, 11) is 0. The molecule has 9 heteroatoms. The second-order valence-electron chi connectivity index (χ2n) is 5.11. The number of benzene rings is 2. The van der Waals surface area contributed by atoms with Crippen molar-refractivity contribution < 1.29 is 22.9 Å². The van der Waals surface area contributed by atoms with Gasteiger partial charge >= 0.3 is 6.18 Å². The first-order chi connectivity index (χ1) is 11.6. The van der Waals surface area contributed by atoms with Crippen LogP contribution < -0.4 is 0 Å². The molecule has 0 bridgehead atoms. The molecule has 25 heavy (non-hydrogen) atoms. The molecule has 0 aliphatic heterocycles. The first kappa shape index (κ1) is 19.3. The van der Waals surface area contributed by atoms with Crippen molar-refractivity contribution in [3.05, 3.63) is 68.2 Å². The van der Waals surface area contributed by atoms with Crippen LogP contribution >= 0.6 is 23.4 Å². The third kappa shape index (κ3) is 4.73. The van der Waals surface area contributed by atoms with E-state index >= 15 is 0 Å². The monoisotopic (exact) mass is 389 g/mol. The highest BCUT2D eigenvalue weighted by molar-refractivity contribution is 8.00. The van der Waals surface area contributed by atoms with Crippen LogP contribution in [0.4, 0.5) is 18.9 Å². The summed E-state index contributed by atoms with van der Waals surface area (Å²) in [4.78, 5) is 22.7. The first-order valence-electron chi connectivity index (χ1n) is 6.87. The molecule has 2 aromatic rings. The lowest BCUT2D eigenvalue weighted by molar-refractivity contribution is -0.385. The molecule has 0 spiro atoms. The number of carbonyl (C=O) groups excluding carboxylic acids is 1. The van der Waals surface area contributed by atoms with Gasteiger partial charge in [0.2, 0.25) is 0 Å². The molecule has 0 aliphatic rings. The Kier molecular flexibility index (Phi) is 5.74. The minimum atomic E-state index is -4.59. The Balaban J connectivity index is 2.15. The number of halogens is 4. The number of ketones is 1. The van der Waals surface area contributed by atoms with Crippen LogP contribution in [0.25, 0.3) is 0 Å². The number of hydrogen-bond acceptors (Lipinski definition) is 4. The Morgan fingerprint density at radius 3 is 2.52 bits per heavy atom. The second kappa shape index (κ2) is 7.45. The third-order valence-corrected chi connectivity index (χ3v) is 4.66. The lowest BCUT2D eigenvalue weighted by atomic mass is 10.1. The molecule has 2 aromatic carbocycles. The van der Waals surface area contributed by atoms with Crippen molar-refractivity contribution in [2.24, 2.45) is 0 Å². The fourth-order valence-corrected chi connectivity index (χ4v) is 3.08. The average molecular weight is 390 g/mol. The summed E-state index contributed by atoms with van der Waals surface area (Å²) in [6, 6.07) is 7.45. The summed E-state index contributed by atoms with van der Waals surface area (Å²) < 4.78 is 38.5. The van der Waals surface area contributed by atoms with Gasteiger partial charge in [0.25, 0.3) is 5.69 Å². The van der Waals surface area contributed by atoms with Gasteiger partial charge in [-0.25, -0.2) is 0 Å². The summed E-state index contributed by atoms with van der Waals surface area (Å²) in [6.07, 6.45) is -4.59. The zero-order valence-corrected chi connectivity index (χ0v) is 14.3. The van der Waals surface area contributed by atoms with Crippen LogP contribution in [0.15, 0.2) is 41.3 Å². The van der Waals surface area contributed by atoms with Gasteiger partial charge in [0.1, 0.15) is 0 Å². The maximum atomic E-state index is 12.8. The maximum absolute atomic E-state index is 12.8. The number of nitrogens with zero attached hydrogens (tertiary/aromatic N) is 1. The molecular formula is C16H11ClF3NO3S. The minimum Gasteiger partial charge on any atom is -0.293 e. The largest absolute Gasteiger partial charge is 0.417 e. The molecule has 0 aromatic heterocycles. The molecule has 0 aliphatic carbocycles. The van der Waals surface area contributed by atoms with E-state index in [0.29, 0.717) is 5.56 Å². The number of carbonyl (C=O) groups is 1. The molecule has 4 nitrogen and oxygen atoms in total. The molecule has 0 unspecified atom stereocenters. The van der Waals surface area contributed by atoms with E-state index in [-0.39, 0.29) is 21.9 Å². The van der Waals surface area contributed by atoms with Gasteiger partial charge in [-0.1, -0.05) is 23.7 Å². The Morgan fingerprint density at radius 2 is 1.92 bits per heavy atom. The van der Waals surface area contributed by atoms with Crippen LogP contribution in [0.1, 0.15) is 21.5 Å². The standard InChI is InChI=1S/C16H11ClF3NO3S/c1-9-2-3-10(6-14(9)21(23)24)15(22)8-25-11-4-5-13(17)12(7-11)16(18,19)20/h2-7H,8H2,1H3. The molecule has 0 heterocycles. The van der Waals surface area contributed by atoms with Crippen molar-refractivity contribution >= 4 is 34.8 Å². The third-order valence-electron chi connectivity index (χ3n) is 3.34. The maximum Gasteiger partial charge on any atom is 0.417 e. The van der Waals surface area contributed by atoms with Crippen LogP contribution in [-0.2, 0) is 6.18 Å². The van der Waals surface area contributed by atoms with Crippen molar-refractivity contribution in [2.75, 3.05) is 5.75 Å². The minimum absolute atomic E-state index is 0.134. The number of aryl methyl sites for hydroxylation is 1. The first-order valence-corrected chi connectivity index (χ1v) is 8.23. The number of rotatable bonds is 5. The Hall–Kier alpha value is -2.06. The second-order valence-corrected chi connectivity index (χ2v) is 6.57. The fourth-order valence-electron chi connectivity index (χ4n) is 2.02. The molecule has 0 N–H and O–H groups in total. The van der Waals surface area contributed by atoms with E-state index in [1.54, 1.807) is 6.92 Å². The number of hydrogen-bond donors (Lipinski definition) is 0. The van der Waals surface area contributed by atoms with Crippen LogP contribution in [0.3, 0.4) is 0 Å². The summed E-state index contributed by atoms with van der Waals surface area (Å²) in [5, 5.41) is 10.5. The SMILES string of the molecule is Cc1ccc(C(=O)CSc2ccc(Cl)c(C(F)(F)F)c2)cc1[N+](=O)[O-]. The van der Waals surface area contributed by atoms with Gasteiger partial charge in [0.05, 0.1) is 21.3 Å². The van der Waals surface area contributed by atoms with Crippen LogP contribution in [0.5, 0.6) is 0 Å². The normalized spacial score (nSPS) is 11.4. The van der Waals surface area contributed by atoms with Gasteiger partial charge in [0, 0.05) is 22.1 Å². The van der Waals surface area contributed by atoms with Gasteiger partial charge < -0.3 is 0 Å². The van der Waals surface area contributed by atoms with E-state index in [1.807, 2.05) is 0 Å². The Morgan fingerprint density at radius 1 is 1.24 bits per heavy atom. The van der Waals surface area contributed by atoms with Crippen molar-refractivity contribution in [1.29, 1.82) is 0 Å². The van der Waals surface area contributed by atoms with Gasteiger partial charge in [-0.2, -0.15) is 13.2 Å². The van der Waals surface area contributed by atoms with Crippen molar-refractivity contribution in [3.63, 3.8) is 0 Å². The molecule has 0 saturated heterocycles. The summed E-state index contributed by atoms with van der Waals surface area (Å²) >= 11 is 6.44. The summed E-state index contributed by atoms with van der Waals surface area (Å²) in [5.41, 5.74) is -0.601. The molecule has 0 radical (unpaired) electrons. The van der Waals surface area contributed by atoms with Crippen molar-refractivity contribution in [3.8, 4) is 0 Å². The van der Waals surface area contributed by atoms with Crippen molar-refractivity contribution in [2.45, 2.75) is 18.0 Å². The Labute approximate surface area is 150 Å². The average Bonchev–Trinajstić information content (AvgIpc) is 2.52. The van der Waals surface area contributed by atoms with Crippen LogP contribution in [0.2, 0.25) is 5.02 Å². The van der Waals surface area contributed by atoms with E-state index in [0.717, 1.165) is 23.9 Å². The van der Waals surface area contributed by atoms with E-state index < -0.39 is 27.5 Å². The lowest BCUT2D eigenvalue weighted by Crippen LogP contribution is -2.07. The number of nitro groups is 1. The van der Waals surface area contributed by atoms with E-state index in [1.165, 1.54) is 24.3 Å². The highest BCUT2D eigenvalue weighted by atomic mass is 35.5. The molecule has 0 saturated carbocycles. The zero-order valence-electron chi connectivity index (χ0n) is 12.8. The molecule has 0 atom stereocenters. The van der Waals surface area contributed by atoms with Gasteiger partial charge in [0.15, 0.2) is 5.78 Å². The highest BCUT2D eigenvalue weighted by Crippen LogP contribution is 2.37. The van der Waals surface area contributed by atoms with E-state index in [2.05, 4.69) is 0 Å². The quantitative estimate of drug-likeness (QED) is 0.291. The van der Waals surface area contributed by atoms with E-state index in [9.17, 15) is 28.1 Å². The number of thioether (sulfide) groups is 1. The molecule has 132 valence electrons. The van der Waals surface area contributed by atoms with Gasteiger partial charge in [-0.15, -0.1) is 11.8 Å². The number of alkyl halides is 3. The smallest absolute Gasteiger partial charge is 0.293 e.